The Morgan fingerprint density at radius 1 is 0.875 bits per heavy atom. The van der Waals surface area contributed by atoms with Crippen LogP contribution in [-0.4, -0.2) is 18.4 Å². The molecule has 0 saturated heterocycles. The Bertz CT molecular complexity index is 689. The Morgan fingerprint density at radius 3 is 1.92 bits per heavy atom. The highest BCUT2D eigenvalue weighted by molar-refractivity contribution is 6.05. The second-order valence-electron chi connectivity index (χ2n) is 6.19. The first-order chi connectivity index (χ1) is 11.5. The van der Waals surface area contributed by atoms with Gasteiger partial charge in [0, 0.05) is 23.4 Å². The predicted octanol–water partition coefficient (Wildman–Crippen LogP) is 3.89. The van der Waals surface area contributed by atoms with Crippen molar-refractivity contribution in [1.29, 1.82) is 0 Å². The van der Waals surface area contributed by atoms with E-state index in [0.29, 0.717) is 23.6 Å². The van der Waals surface area contributed by atoms with Gasteiger partial charge >= 0.3 is 0 Å². The number of nitrogens with one attached hydrogen (secondary N) is 2. The number of carbonyl (C=O) groups excluding carboxylic acids is 2. The Balaban J connectivity index is 1.98. The van der Waals surface area contributed by atoms with Gasteiger partial charge < -0.3 is 10.6 Å². The summed E-state index contributed by atoms with van der Waals surface area (Å²) < 4.78 is 0. The highest BCUT2D eigenvalue weighted by Gasteiger charge is 2.09. The number of hydrogen-bond acceptors (Lipinski definition) is 2. The molecule has 2 amide bonds. The van der Waals surface area contributed by atoms with Gasteiger partial charge in [-0.05, 0) is 54.3 Å². The molecule has 0 fully saturated rings. The SMILES string of the molecule is CCc1ccc(NC(=O)c2ccc(C(=O)NCC(C)C)cc2)cc1. The zero-order valence-electron chi connectivity index (χ0n) is 14.4. The molecule has 0 heterocycles. The fourth-order valence-electron chi connectivity index (χ4n) is 2.20. The lowest BCUT2D eigenvalue weighted by molar-refractivity contribution is 0.0947. The van der Waals surface area contributed by atoms with Crippen molar-refractivity contribution in [2.45, 2.75) is 27.2 Å². The van der Waals surface area contributed by atoms with E-state index >= 15 is 0 Å². The second-order valence-corrected chi connectivity index (χ2v) is 6.19. The van der Waals surface area contributed by atoms with Crippen LogP contribution < -0.4 is 10.6 Å². The van der Waals surface area contributed by atoms with Crippen molar-refractivity contribution in [1.82, 2.24) is 5.32 Å². The van der Waals surface area contributed by atoms with Crippen molar-refractivity contribution in [2.24, 2.45) is 5.92 Å². The van der Waals surface area contributed by atoms with E-state index in [4.69, 9.17) is 0 Å². The average molecular weight is 324 g/mol. The minimum Gasteiger partial charge on any atom is -0.352 e. The molecule has 0 bridgehead atoms. The van der Waals surface area contributed by atoms with Gasteiger partial charge in [-0.25, -0.2) is 0 Å². The monoisotopic (exact) mass is 324 g/mol. The molecule has 0 saturated carbocycles. The van der Waals surface area contributed by atoms with E-state index in [9.17, 15) is 9.59 Å². The Hall–Kier alpha value is -2.62. The van der Waals surface area contributed by atoms with Gasteiger partial charge in [-0.3, -0.25) is 9.59 Å². The van der Waals surface area contributed by atoms with Crippen molar-refractivity contribution in [3.8, 4) is 0 Å². The maximum Gasteiger partial charge on any atom is 0.255 e. The van der Waals surface area contributed by atoms with Gasteiger partial charge in [-0.2, -0.15) is 0 Å². The summed E-state index contributed by atoms with van der Waals surface area (Å²) in [5, 5.41) is 5.72. The minimum atomic E-state index is -0.187. The van der Waals surface area contributed by atoms with Gasteiger partial charge in [-0.15, -0.1) is 0 Å². The van der Waals surface area contributed by atoms with Gasteiger partial charge in [-0.1, -0.05) is 32.9 Å². The summed E-state index contributed by atoms with van der Waals surface area (Å²) >= 11 is 0. The molecule has 0 aromatic heterocycles. The van der Waals surface area contributed by atoms with Crippen LogP contribution >= 0.6 is 0 Å². The fraction of sp³-hybridized carbons (Fsp3) is 0.300. The quantitative estimate of drug-likeness (QED) is 0.847. The number of benzene rings is 2. The zero-order valence-corrected chi connectivity index (χ0v) is 14.4. The molecule has 24 heavy (non-hydrogen) atoms. The third kappa shape index (κ3) is 4.95. The third-order valence-electron chi connectivity index (χ3n) is 3.70. The lowest BCUT2D eigenvalue weighted by Gasteiger charge is -2.09. The number of aryl methyl sites for hydroxylation is 1. The van der Waals surface area contributed by atoms with Crippen molar-refractivity contribution in [3.63, 3.8) is 0 Å². The van der Waals surface area contributed by atoms with Crippen molar-refractivity contribution in [2.75, 3.05) is 11.9 Å². The van der Waals surface area contributed by atoms with Crippen LogP contribution in [0.1, 0.15) is 47.1 Å². The maximum absolute atomic E-state index is 12.3. The Labute approximate surface area is 143 Å². The number of carbonyl (C=O) groups is 2. The van der Waals surface area contributed by atoms with Crippen LogP contribution in [0.25, 0.3) is 0 Å². The van der Waals surface area contributed by atoms with Gasteiger partial charge in [0.25, 0.3) is 11.8 Å². The first-order valence-corrected chi connectivity index (χ1v) is 8.28. The summed E-state index contributed by atoms with van der Waals surface area (Å²) in [5.41, 5.74) is 3.06. The highest BCUT2D eigenvalue weighted by atomic mass is 16.2. The molecule has 0 aliphatic rings. The highest BCUT2D eigenvalue weighted by Crippen LogP contribution is 2.12. The average Bonchev–Trinajstić information content (AvgIpc) is 2.60. The molecule has 0 atom stereocenters. The molecule has 0 radical (unpaired) electrons. The van der Waals surface area contributed by atoms with Crippen LogP contribution in [-0.2, 0) is 6.42 Å². The van der Waals surface area contributed by atoms with E-state index in [1.54, 1.807) is 24.3 Å². The van der Waals surface area contributed by atoms with E-state index in [1.165, 1.54) is 5.56 Å². The van der Waals surface area contributed by atoms with Crippen molar-refractivity contribution < 1.29 is 9.59 Å². The molecule has 0 aliphatic heterocycles. The standard InChI is InChI=1S/C20H24N2O2/c1-4-15-5-11-18(12-6-15)22-20(24)17-9-7-16(8-10-17)19(23)21-13-14(2)3/h5-12,14H,4,13H2,1-3H3,(H,21,23)(H,22,24). The lowest BCUT2D eigenvalue weighted by atomic mass is 10.1. The van der Waals surface area contributed by atoms with E-state index in [-0.39, 0.29) is 11.8 Å². The smallest absolute Gasteiger partial charge is 0.255 e. The molecule has 0 aliphatic carbocycles. The topological polar surface area (TPSA) is 58.2 Å². The molecular weight excluding hydrogens is 300 g/mol. The van der Waals surface area contributed by atoms with Gasteiger partial charge in [0.15, 0.2) is 0 Å². The number of rotatable bonds is 6. The van der Waals surface area contributed by atoms with Crippen LogP contribution in [0.2, 0.25) is 0 Å². The molecule has 2 rings (SSSR count). The molecule has 0 spiro atoms. The first kappa shape index (κ1) is 17.7. The summed E-state index contributed by atoms with van der Waals surface area (Å²) in [4.78, 5) is 24.2. The largest absolute Gasteiger partial charge is 0.352 e. The summed E-state index contributed by atoms with van der Waals surface area (Å²) in [6.45, 7) is 6.81. The van der Waals surface area contributed by atoms with Crippen LogP contribution in [0.4, 0.5) is 5.69 Å². The van der Waals surface area contributed by atoms with Crippen LogP contribution in [0.15, 0.2) is 48.5 Å². The van der Waals surface area contributed by atoms with Crippen LogP contribution in [0, 0.1) is 5.92 Å². The molecule has 2 aromatic carbocycles. The molecule has 126 valence electrons. The van der Waals surface area contributed by atoms with Gasteiger partial charge in [0.2, 0.25) is 0 Å². The molecule has 2 N–H and O–H groups in total. The number of anilines is 1. The summed E-state index contributed by atoms with van der Waals surface area (Å²) in [5.74, 6) is 0.0947. The normalized spacial score (nSPS) is 10.5. The van der Waals surface area contributed by atoms with Crippen molar-refractivity contribution >= 4 is 17.5 Å². The molecule has 0 unspecified atom stereocenters. The van der Waals surface area contributed by atoms with Gasteiger partial charge in [0.05, 0.1) is 0 Å². The summed E-state index contributed by atoms with van der Waals surface area (Å²) in [6.07, 6.45) is 0.967. The second kappa shape index (κ2) is 8.29. The Kier molecular flexibility index (Phi) is 6.13. The minimum absolute atomic E-state index is 0.120. The molecular formula is C20H24N2O2. The van der Waals surface area contributed by atoms with E-state index < -0.39 is 0 Å². The number of amides is 2. The van der Waals surface area contributed by atoms with E-state index in [2.05, 4.69) is 17.6 Å². The van der Waals surface area contributed by atoms with E-state index in [0.717, 1.165) is 12.1 Å². The lowest BCUT2D eigenvalue weighted by Crippen LogP contribution is -2.27. The first-order valence-electron chi connectivity index (χ1n) is 8.28. The van der Waals surface area contributed by atoms with Gasteiger partial charge in [0.1, 0.15) is 0 Å². The van der Waals surface area contributed by atoms with Crippen molar-refractivity contribution in [3.05, 3.63) is 65.2 Å². The number of hydrogen-bond donors (Lipinski definition) is 2. The van der Waals surface area contributed by atoms with Crippen LogP contribution in [0.3, 0.4) is 0 Å². The van der Waals surface area contributed by atoms with Crippen LogP contribution in [0.5, 0.6) is 0 Å². The zero-order chi connectivity index (χ0) is 17.5. The Morgan fingerprint density at radius 2 is 1.42 bits per heavy atom. The summed E-state index contributed by atoms with van der Waals surface area (Å²) in [7, 11) is 0. The fourth-order valence-corrected chi connectivity index (χ4v) is 2.20. The maximum atomic E-state index is 12.3. The molecule has 4 heteroatoms. The predicted molar refractivity (Wildman–Crippen MR) is 97.4 cm³/mol. The third-order valence-corrected chi connectivity index (χ3v) is 3.70. The summed E-state index contributed by atoms with van der Waals surface area (Å²) in [6, 6.07) is 14.5. The van der Waals surface area contributed by atoms with E-state index in [1.807, 2.05) is 38.1 Å². The molecule has 4 nitrogen and oxygen atoms in total. The molecule has 2 aromatic rings.